The first-order chi connectivity index (χ1) is 8.70. The maximum Gasteiger partial charge on any atom is 0.123 e. The monoisotopic (exact) mass is 249 g/mol. The molecule has 1 N–H and O–H groups in total. The highest BCUT2D eigenvalue weighted by molar-refractivity contribution is 5.26. The van der Waals surface area contributed by atoms with Crippen LogP contribution in [0.4, 0.5) is 4.39 Å². The summed E-state index contributed by atoms with van der Waals surface area (Å²) >= 11 is 0. The largest absolute Gasteiger partial charge is 0.317 e. The van der Waals surface area contributed by atoms with E-state index in [0.717, 1.165) is 24.3 Å². The first kappa shape index (κ1) is 13.5. The standard InChI is InChI=1S/C16H24FN/c1-12-11-15(17)9-7-13(12)8-10-16(18-2)14-5-3-4-6-14/h7,9,11,14,16,18H,3-6,8,10H2,1-2H3. The van der Waals surface area contributed by atoms with Crippen molar-refractivity contribution in [2.24, 2.45) is 5.92 Å². The average molecular weight is 249 g/mol. The highest BCUT2D eigenvalue weighted by atomic mass is 19.1. The summed E-state index contributed by atoms with van der Waals surface area (Å²) in [6, 6.07) is 5.77. The molecule has 0 amide bonds. The zero-order chi connectivity index (χ0) is 13.0. The third-order valence-corrected chi connectivity index (χ3v) is 4.37. The predicted molar refractivity (Wildman–Crippen MR) is 74.3 cm³/mol. The quantitative estimate of drug-likeness (QED) is 0.836. The molecule has 1 unspecified atom stereocenters. The molecule has 0 aliphatic heterocycles. The molecule has 1 fully saturated rings. The summed E-state index contributed by atoms with van der Waals surface area (Å²) in [6.45, 7) is 2.00. The zero-order valence-electron chi connectivity index (χ0n) is 11.5. The van der Waals surface area contributed by atoms with Gasteiger partial charge in [-0.05, 0) is 68.8 Å². The summed E-state index contributed by atoms with van der Waals surface area (Å²) in [5.41, 5.74) is 2.37. The summed E-state index contributed by atoms with van der Waals surface area (Å²) in [5.74, 6) is 0.716. The van der Waals surface area contributed by atoms with Crippen LogP contribution in [-0.4, -0.2) is 13.1 Å². The van der Waals surface area contributed by atoms with Crippen LogP contribution in [0.1, 0.15) is 43.2 Å². The Morgan fingerprint density at radius 2 is 2.06 bits per heavy atom. The van der Waals surface area contributed by atoms with E-state index < -0.39 is 0 Å². The molecule has 2 heteroatoms. The van der Waals surface area contributed by atoms with Crippen LogP contribution in [0.15, 0.2) is 18.2 Å². The molecule has 0 aromatic heterocycles. The minimum Gasteiger partial charge on any atom is -0.317 e. The van der Waals surface area contributed by atoms with Gasteiger partial charge in [-0.1, -0.05) is 18.9 Å². The van der Waals surface area contributed by atoms with Crippen molar-refractivity contribution in [1.82, 2.24) is 5.32 Å². The van der Waals surface area contributed by atoms with E-state index in [0.29, 0.717) is 6.04 Å². The third kappa shape index (κ3) is 3.32. The van der Waals surface area contributed by atoms with E-state index in [9.17, 15) is 4.39 Å². The maximum absolute atomic E-state index is 13.0. The van der Waals surface area contributed by atoms with Gasteiger partial charge in [0.2, 0.25) is 0 Å². The lowest BCUT2D eigenvalue weighted by molar-refractivity contribution is 0.360. The molecule has 0 spiro atoms. The number of halogens is 1. The number of rotatable bonds is 5. The predicted octanol–water partition coefficient (Wildman–Crippen LogP) is 3.84. The summed E-state index contributed by atoms with van der Waals surface area (Å²) < 4.78 is 13.0. The molecule has 0 radical (unpaired) electrons. The SMILES string of the molecule is CNC(CCc1ccc(F)cc1C)C1CCCC1. The lowest BCUT2D eigenvalue weighted by Gasteiger charge is -2.23. The van der Waals surface area contributed by atoms with Crippen molar-refractivity contribution < 1.29 is 4.39 Å². The Kier molecular flexibility index (Phi) is 4.76. The molecule has 1 aromatic carbocycles. The minimum absolute atomic E-state index is 0.128. The van der Waals surface area contributed by atoms with Gasteiger partial charge in [0.1, 0.15) is 5.82 Å². The molecular weight excluding hydrogens is 225 g/mol. The lowest BCUT2D eigenvalue weighted by atomic mass is 9.91. The Balaban J connectivity index is 1.92. The molecular formula is C16H24FN. The Labute approximate surface area is 110 Å². The molecule has 1 saturated carbocycles. The van der Waals surface area contributed by atoms with Crippen LogP contribution in [0.5, 0.6) is 0 Å². The fourth-order valence-electron chi connectivity index (χ4n) is 3.23. The van der Waals surface area contributed by atoms with Crippen molar-refractivity contribution in [2.45, 2.75) is 51.5 Å². The molecule has 0 bridgehead atoms. The van der Waals surface area contributed by atoms with Crippen LogP contribution >= 0.6 is 0 Å². The minimum atomic E-state index is -0.128. The highest BCUT2D eigenvalue weighted by Crippen LogP contribution is 2.29. The number of benzene rings is 1. The summed E-state index contributed by atoms with van der Waals surface area (Å²) in [7, 11) is 2.07. The Hall–Kier alpha value is -0.890. The second kappa shape index (κ2) is 6.33. The molecule has 2 rings (SSSR count). The second-order valence-corrected chi connectivity index (χ2v) is 5.55. The second-order valence-electron chi connectivity index (χ2n) is 5.55. The molecule has 100 valence electrons. The summed E-state index contributed by atoms with van der Waals surface area (Å²) in [4.78, 5) is 0. The van der Waals surface area contributed by atoms with Gasteiger partial charge in [-0.25, -0.2) is 4.39 Å². The molecule has 1 nitrogen and oxygen atoms in total. The van der Waals surface area contributed by atoms with Gasteiger partial charge in [-0.15, -0.1) is 0 Å². The zero-order valence-corrected chi connectivity index (χ0v) is 11.5. The summed E-state index contributed by atoms with van der Waals surface area (Å²) in [5, 5.41) is 3.47. The van der Waals surface area contributed by atoms with E-state index in [1.807, 2.05) is 13.0 Å². The van der Waals surface area contributed by atoms with Gasteiger partial charge in [0, 0.05) is 6.04 Å². The van der Waals surface area contributed by atoms with E-state index in [1.165, 1.54) is 31.2 Å². The van der Waals surface area contributed by atoms with Crippen molar-refractivity contribution in [1.29, 1.82) is 0 Å². The van der Waals surface area contributed by atoms with E-state index in [1.54, 1.807) is 12.1 Å². The van der Waals surface area contributed by atoms with Crippen LogP contribution in [0.2, 0.25) is 0 Å². The molecule has 1 aliphatic carbocycles. The number of nitrogens with one attached hydrogen (secondary N) is 1. The fraction of sp³-hybridized carbons (Fsp3) is 0.625. The lowest BCUT2D eigenvalue weighted by Crippen LogP contribution is -2.32. The van der Waals surface area contributed by atoms with Crippen molar-refractivity contribution >= 4 is 0 Å². The van der Waals surface area contributed by atoms with Gasteiger partial charge < -0.3 is 5.32 Å². The van der Waals surface area contributed by atoms with Gasteiger partial charge in [0.25, 0.3) is 0 Å². The van der Waals surface area contributed by atoms with E-state index in [2.05, 4.69) is 12.4 Å². The molecule has 1 aromatic rings. The van der Waals surface area contributed by atoms with Crippen LogP contribution in [-0.2, 0) is 6.42 Å². The van der Waals surface area contributed by atoms with Gasteiger partial charge in [-0.3, -0.25) is 0 Å². The van der Waals surface area contributed by atoms with Gasteiger partial charge >= 0.3 is 0 Å². The van der Waals surface area contributed by atoms with E-state index in [-0.39, 0.29) is 5.82 Å². The Morgan fingerprint density at radius 3 is 2.67 bits per heavy atom. The van der Waals surface area contributed by atoms with Crippen LogP contribution < -0.4 is 5.32 Å². The third-order valence-electron chi connectivity index (χ3n) is 4.37. The van der Waals surface area contributed by atoms with Gasteiger partial charge in [-0.2, -0.15) is 0 Å². The number of hydrogen-bond acceptors (Lipinski definition) is 1. The molecule has 0 heterocycles. The molecule has 18 heavy (non-hydrogen) atoms. The summed E-state index contributed by atoms with van der Waals surface area (Å²) in [6.07, 6.45) is 7.72. The smallest absolute Gasteiger partial charge is 0.123 e. The highest BCUT2D eigenvalue weighted by Gasteiger charge is 2.23. The Bertz CT molecular complexity index is 383. The Morgan fingerprint density at radius 1 is 1.33 bits per heavy atom. The van der Waals surface area contributed by atoms with Gasteiger partial charge in [0.15, 0.2) is 0 Å². The van der Waals surface area contributed by atoms with Crippen LogP contribution in [0, 0.1) is 18.7 Å². The molecule has 1 aliphatic rings. The van der Waals surface area contributed by atoms with Crippen LogP contribution in [0.25, 0.3) is 0 Å². The van der Waals surface area contributed by atoms with Crippen molar-refractivity contribution in [3.8, 4) is 0 Å². The molecule has 1 atom stereocenters. The number of hydrogen-bond donors (Lipinski definition) is 1. The first-order valence-corrected chi connectivity index (χ1v) is 7.13. The van der Waals surface area contributed by atoms with E-state index in [4.69, 9.17) is 0 Å². The average Bonchev–Trinajstić information content (AvgIpc) is 2.86. The van der Waals surface area contributed by atoms with Crippen molar-refractivity contribution in [2.75, 3.05) is 7.05 Å². The fourth-order valence-corrected chi connectivity index (χ4v) is 3.23. The molecule has 0 saturated heterocycles. The number of aryl methyl sites for hydroxylation is 2. The maximum atomic E-state index is 13.0. The normalized spacial score (nSPS) is 18.2. The first-order valence-electron chi connectivity index (χ1n) is 7.13. The van der Waals surface area contributed by atoms with Crippen molar-refractivity contribution in [3.05, 3.63) is 35.1 Å². The topological polar surface area (TPSA) is 12.0 Å². The van der Waals surface area contributed by atoms with Gasteiger partial charge in [0.05, 0.1) is 0 Å². The van der Waals surface area contributed by atoms with Crippen LogP contribution in [0.3, 0.4) is 0 Å². The van der Waals surface area contributed by atoms with Crippen molar-refractivity contribution in [3.63, 3.8) is 0 Å². The van der Waals surface area contributed by atoms with E-state index >= 15 is 0 Å².